The van der Waals surface area contributed by atoms with Crippen molar-refractivity contribution in [3.05, 3.63) is 30.0 Å². The van der Waals surface area contributed by atoms with Crippen LogP contribution in [0.1, 0.15) is 51.6 Å². The van der Waals surface area contributed by atoms with Gasteiger partial charge >= 0.3 is 0 Å². The number of rotatable bonds is 9. The molecule has 0 aliphatic heterocycles. The summed E-state index contributed by atoms with van der Waals surface area (Å²) >= 11 is 0. The van der Waals surface area contributed by atoms with E-state index in [9.17, 15) is 0 Å². The number of hydrogen-bond donors (Lipinski definition) is 1. The van der Waals surface area contributed by atoms with Gasteiger partial charge in [0, 0.05) is 24.4 Å². The van der Waals surface area contributed by atoms with Gasteiger partial charge < -0.3 is 5.32 Å². The van der Waals surface area contributed by atoms with Crippen LogP contribution in [0.25, 0.3) is 10.9 Å². The van der Waals surface area contributed by atoms with E-state index in [1.165, 1.54) is 48.7 Å². The molecular formula is C18H29N3. The second kappa shape index (κ2) is 8.18. The Morgan fingerprint density at radius 1 is 1.14 bits per heavy atom. The predicted molar refractivity (Wildman–Crippen MR) is 90.7 cm³/mol. The lowest BCUT2D eigenvalue weighted by molar-refractivity contribution is 0.479. The molecule has 0 radical (unpaired) electrons. The molecule has 116 valence electrons. The van der Waals surface area contributed by atoms with E-state index in [2.05, 4.69) is 55.2 Å². The standard InChI is InChI=1S/C18H29N3/c1-4-6-7-8-11-15(19-3)14-17-16-12-9-10-13-18(16)21(5-2)20-17/h9-10,12-13,15,19H,4-8,11,14H2,1-3H3. The number of fused-ring (bicyclic) bond motifs is 1. The molecule has 1 heterocycles. The summed E-state index contributed by atoms with van der Waals surface area (Å²) in [6, 6.07) is 9.12. The number of nitrogens with one attached hydrogen (secondary N) is 1. The highest BCUT2D eigenvalue weighted by atomic mass is 15.3. The Morgan fingerprint density at radius 3 is 2.67 bits per heavy atom. The monoisotopic (exact) mass is 287 g/mol. The molecule has 0 bridgehead atoms. The number of hydrogen-bond acceptors (Lipinski definition) is 2. The van der Waals surface area contributed by atoms with Crippen molar-refractivity contribution in [2.75, 3.05) is 7.05 Å². The summed E-state index contributed by atoms with van der Waals surface area (Å²) in [5.74, 6) is 0. The molecule has 0 fully saturated rings. The van der Waals surface area contributed by atoms with Gasteiger partial charge in [0.25, 0.3) is 0 Å². The fraction of sp³-hybridized carbons (Fsp3) is 0.611. The summed E-state index contributed by atoms with van der Waals surface area (Å²) in [4.78, 5) is 0. The molecule has 1 N–H and O–H groups in total. The molecule has 1 atom stereocenters. The number of aromatic nitrogens is 2. The van der Waals surface area contributed by atoms with Crippen LogP contribution < -0.4 is 5.32 Å². The first kappa shape index (κ1) is 16.0. The maximum absolute atomic E-state index is 4.82. The summed E-state index contributed by atoms with van der Waals surface area (Å²) in [6.07, 6.45) is 7.57. The molecule has 3 nitrogen and oxygen atoms in total. The molecular weight excluding hydrogens is 258 g/mol. The third kappa shape index (κ3) is 4.07. The molecule has 0 saturated heterocycles. The Bertz CT molecular complexity index is 544. The fourth-order valence-electron chi connectivity index (χ4n) is 2.99. The van der Waals surface area contributed by atoms with Gasteiger partial charge in [0.15, 0.2) is 0 Å². The van der Waals surface area contributed by atoms with Crippen LogP contribution in [0.15, 0.2) is 24.3 Å². The Labute approximate surface area is 128 Å². The molecule has 0 spiro atoms. The molecule has 0 aliphatic rings. The van der Waals surface area contributed by atoms with Crippen LogP contribution in [0.4, 0.5) is 0 Å². The first-order valence-electron chi connectivity index (χ1n) is 8.41. The van der Waals surface area contributed by atoms with Gasteiger partial charge in [0.2, 0.25) is 0 Å². The highest BCUT2D eigenvalue weighted by Gasteiger charge is 2.14. The molecule has 1 aromatic heterocycles. The zero-order valence-corrected chi connectivity index (χ0v) is 13.7. The van der Waals surface area contributed by atoms with E-state index in [-0.39, 0.29) is 0 Å². The second-order valence-corrected chi connectivity index (χ2v) is 5.82. The maximum atomic E-state index is 4.82. The van der Waals surface area contributed by atoms with Crippen molar-refractivity contribution in [2.45, 2.75) is 65.0 Å². The van der Waals surface area contributed by atoms with Crippen LogP contribution in [0.2, 0.25) is 0 Å². The summed E-state index contributed by atoms with van der Waals surface area (Å²) in [5, 5.41) is 9.60. The largest absolute Gasteiger partial charge is 0.317 e. The van der Waals surface area contributed by atoms with Crippen molar-refractivity contribution in [2.24, 2.45) is 0 Å². The second-order valence-electron chi connectivity index (χ2n) is 5.82. The Kier molecular flexibility index (Phi) is 6.24. The van der Waals surface area contributed by atoms with Crippen molar-refractivity contribution in [1.82, 2.24) is 15.1 Å². The van der Waals surface area contributed by atoms with Gasteiger partial charge in [-0.2, -0.15) is 5.10 Å². The maximum Gasteiger partial charge on any atom is 0.0718 e. The van der Waals surface area contributed by atoms with E-state index in [1.54, 1.807) is 0 Å². The molecule has 2 aromatic rings. The Hall–Kier alpha value is -1.35. The van der Waals surface area contributed by atoms with E-state index in [0.29, 0.717) is 6.04 Å². The minimum absolute atomic E-state index is 0.533. The van der Waals surface area contributed by atoms with E-state index in [1.807, 2.05) is 0 Å². The SMILES string of the molecule is CCCCCCC(Cc1nn(CC)c2ccccc12)NC. The van der Waals surface area contributed by atoms with Gasteiger partial charge in [0.05, 0.1) is 11.2 Å². The van der Waals surface area contributed by atoms with E-state index in [0.717, 1.165) is 13.0 Å². The molecule has 0 amide bonds. The lowest BCUT2D eigenvalue weighted by Gasteiger charge is -2.14. The topological polar surface area (TPSA) is 29.9 Å². The van der Waals surface area contributed by atoms with Crippen molar-refractivity contribution < 1.29 is 0 Å². The lowest BCUT2D eigenvalue weighted by Crippen LogP contribution is -2.27. The van der Waals surface area contributed by atoms with Gasteiger partial charge in [-0.25, -0.2) is 0 Å². The number of benzene rings is 1. The van der Waals surface area contributed by atoms with Crippen LogP contribution in [0.3, 0.4) is 0 Å². The zero-order valence-electron chi connectivity index (χ0n) is 13.7. The van der Waals surface area contributed by atoms with Gasteiger partial charge in [-0.05, 0) is 26.5 Å². The minimum atomic E-state index is 0.533. The van der Waals surface area contributed by atoms with E-state index in [4.69, 9.17) is 5.10 Å². The quantitative estimate of drug-likeness (QED) is 0.702. The van der Waals surface area contributed by atoms with Gasteiger partial charge in [-0.1, -0.05) is 50.8 Å². The third-order valence-electron chi connectivity index (χ3n) is 4.29. The number of likely N-dealkylation sites (N-methyl/N-ethyl adjacent to an activating group) is 1. The highest BCUT2D eigenvalue weighted by molar-refractivity contribution is 5.82. The normalized spacial score (nSPS) is 12.9. The van der Waals surface area contributed by atoms with Gasteiger partial charge in [0.1, 0.15) is 0 Å². The molecule has 0 saturated carbocycles. The number of unbranched alkanes of at least 4 members (excludes halogenated alkanes) is 3. The van der Waals surface area contributed by atoms with Crippen LogP contribution in [0, 0.1) is 0 Å². The number of para-hydroxylation sites is 1. The van der Waals surface area contributed by atoms with Crippen molar-refractivity contribution in [1.29, 1.82) is 0 Å². The Balaban J connectivity index is 2.07. The molecule has 21 heavy (non-hydrogen) atoms. The first-order valence-corrected chi connectivity index (χ1v) is 8.41. The predicted octanol–water partition coefficient (Wildman–Crippen LogP) is 4.16. The average Bonchev–Trinajstić information content (AvgIpc) is 2.88. The number of nitrogens with zero attached hydrogens (tertiary/aromatic N) is 2. The van der Waals surface area contributed by atoms with Crippen LogP contribution in [-0.4, -0.2) is 22.9 Å². The minimum Gasteiger partial charge on any atom is -0.317 e. The average molecular weight is 287 g/mol. The lowest BCUT2D eigenvalue weighted by atomic mass is 10.0. The molecule has 2 rings (SSSR count). The van der Waals surface area contributed by atoms with Gasteiger partial charge in [-0.3, -0.25) is 4.68 Å². The van der Waals surface area contributed by atoms with E-state index < -0.39 is 0 Å². The smallest absolute Gasteiger partial charge is 0.0718 e. The summed E-state index contributed by atoms with van der Waals surface area (Å²) < 4.78 is 2.12. The highest BCUT2D eigenvalue weighted by Crippen LogP contribution is 2.20. The van der Waals surface area contributed by atoms with Crippen LogP contribution in [0.5, 0.6) is 0 Å². The van der Waals surface area contributed by atoms with Crippen molar-refractivity contribution >= 4 is 10.9 Å². The zero-order chi connectivity index (χ0) is 15.1. The van der Waals surface area contributed by atoms with Crippen LogP contribution >= 0.6 is 0 Å². The first-order chi connectivity index (χ1) is 10.3. The molecule has 0 aliphatic carbocycles. The van der Waals surface area contributed by atoms with Gasteiger partial charge in [-0.15, -0.1) is 0 Å². The third-order valence-corrected chi connectivity index (χ3v) is 4.29. The summed E-state index contributed by atoms with van der Waals surface area (Å²) in [5.41, 5.74) is 2.50. The molecule has 3 heteroatoms. The Morgan fingerprint density at radius 2 is 1.95 bits per heavy atom. The van der Waals surface area contributed by atoms with Crippen LogP contribution in [-0.2, 0) is 13.0 Å². The van der Waals surface area contributed by atoms with Crippen molar-refractivity contribution in [3.8, 4) is 0 Å². The fourth-order valence-corrected chi connectivity index (χ4v) is 2.99. The summed E-state index contributed by atoms with van der Waals surface area (Å²) in [7, 11) is 2.07. The molecule has 1 aromatic carbocycles. The van der Waals surface area contributed by atoms with Crippen molar-refractivity contribution in [3.63, 3.8) is 0 Å². The summed E-state index contributed by atoms with van der Waals surface area (Å²) in [6.45, 7) is 5.35. The number of aryl methyl sites for hydroxylation is 1. The van der Waals surface area contributed by atoms with E-state index >= 15 is 0 Å². The molecule has 1 unspecified atom stereocenters.